The summed E-state index contributed by atoms with van der Waals surface area (Å²) in [6.07, 6.45) is 4.85. The van der Waals surface area contributed by atoms with E-state index in [1.54, 1.807) is 11.3 Å². The fourth-order valence-corrected chi connectivity index (χ4v) is 1.70. The van der Waals surface area contributed by atoms with Gasteiger partial charge in [0.25, 0.3) is 0 Å². The van der Waals surface area contributed by atoms with Crippen LogP contribution in [0.15, 0.2) is 17.5 Å². The summed E-state index contributed by atoms with van der Waals surface area (Å²) < 4.78 is 0. The maximum absolute atomic E-state index is 9.75. The van der Waals surface area contributed by atoms with Crippen molar-refractivity contribution in [3.05, 3.63) is 22.4 Å². The fourth-order valence-electron chi connectivity index (χ4n) is 0.984. The third kappa shape index (κ3) is 3.15. The number of hydrogen-bond donors (Lipinski definition) is 2. The third-order valence-electron chi connectivity index (χ3n) is 1.97. The highest BCUT2D eigenvalue weighted by Crippen LogP contribution is 2.18. The minimum atomic E-state index is -0.470. The third-order valence-corrected chi connectivity index (χ3v) is 2.94. The Bertz CT molecular complexity index is 311. The zero-order valence-corrected chi connectivity index (χ0v) is 9.27. The number of thiophene rings is 1. The molecule has 1 aromatic rings. The van der Waals surface area contributed by atoms with Crippen molar-refractivity contribution in [1.82, 2.24) is 5.32 Å². The van der Waals surface area contributed by atoms with Gasteiger partial charge in [-0.2, -0.15) is 0 Å². The van der Waals surface area contributed by atoms with Crippen LogP contribution in [0, 0.1) is 12.3 Å². The van der Waals surface area contributed by atoms with Crippen molar-refractivity contribution in [3.8, 4) is 12.3 Å². The van der Waals surface area contributed by atoms with Gasteiger partial charge in [0.1, 0.15) is 6.10 Å². The average molecular weight is 209 g/mol. The Hall–Kier alpha value is -0.820. The lowest BCUT2D eigenvalue weighted by Gasteiger charge is -2.21. The highest BCUT2D eigenvalue weighted by molar-refractivity contribution is 7.10. The van der Waals surface area contributed by atoms with E-state index >= 15 is 0 Å². The minimum absolute atomic E-state index is 0.363. The second-order valence-electron chi connectivity index (χ2n) is 3.68. The number of rotatable bonds is 4. The summed E-state index contributed by atoms with van der Waals surface area (Å²) in [5.41, 5.74) is -0.363. The molecule has 0 spiro atoms. The summed E-state index contributed by atoms with van der Waals surface area (Å²) in [7, 11) is 0. The van der Waals surface area contributed by atoms with E-state index in [1.165, 1.54) is 0 Å². The van der Waals surface area contributed by atoms with E-state index in [4.69, 9.17) is 6.42 Å². The van der Waals surface area contributed by atoms with Crippen LogP contribution in [-0.4, -0.2) is 17.2 Å². The molecule has 3 heteroatoms. The number of aliphatic hydroxyl groups excluding tert-OH is 1. The summed E-state index contributed by atoms with van der Waals surface area (Å²) in [5.74, 6) is 2.62. The number of aliphatic hydroxyl groups is 1. The fraction of sp³-hybridized carbons (Fsp3) is 0.455. The van der Waals surface area contributed by atoms with Crippen LogP contribution in [0.3, 0.4) is 0 Å². The molecule has 0 aliphatic rings. The highest BCUT2D eigenvalue weighted by atomic mass is 32.1. The van der Waals surface area contributed by atoms with Crippen LogP contribution in [0.5, 0.6) is 0 Å². The van der Waals surface area contributed by atoms with E-state index in [0.717, 1.165) is 4.88 Å². The molecule has 14 heavy (non-hydrogen) atoms. The summed E-state index contributed by atoms with van der Waals surface area (Å²) in [6, 6.07) is 3.84. The molecule has 0 aliphatic carbocycles. The van der Waals surface area contributed by atoms with Gasteiger partial charge in [0, 0.05) is 11.4 Å². The van der Waals surface area contributed by atoms with Gasteiger partial charge in [-0.05, 0) is 25.3 Å². The first-order valence-corrected chi connectivity index (χ1v) is 5.37. The highest BCUT2D eigenvalue weighted by Gasteiger charge is 2.16. The van der Waals surface area contributed by atoms with E-state index in [0.29, 0.717) is 6.54 Å². The zero-order chi connectivity index (χ0) is 10.6. The molecule has 1 atom stereocenters. The van der Waals surface area contributed by atoms with E-state index in [-0.39, 0.29) is 5.54 Å². The predicted octanol–water partition coefficient (Wildman–Crippen LogP) is 1.78. The molecule has 1 heterocycles. The Kier molecular flexibility index (Phi) is 3.70. The molecule has 0 aromatic carbocycles. The van der Waals surface area contributed by atoms with Crippen molar-refractivity contribution in [1.29, 1.82) is 0 Å². The van der Waals surface area contributed by atoms with Gasteiger partial charge in [-0.25, -0.2) is 0 Å². The maximum Gasteiger partial charge on any atom is 0.101 e. The van der Waals surface area contributed by atoms with E-state index in [1.807, 2.05) is 31.4 Å². The SMILES string of the molecule is C#CC(C)(C)NCC(O)c1cccs1. The Balaban J connectivity index is 2.44. The smallest absolute Gasteiger partial charge is 0.101 e. The molecule has 1 unspecified atom stereocenters. The monoisotopic (exact) mass is 209 g/mol. The topological polar surface area (TPSA) is 32.3 Å². The van der Waals surface area contributed by atoms with Crippen LogP contribution in [0.4, 0.5) is 0 Å². The van der Waals surface area contributed by atoms with Gasteiger partial charge in [0.05, 0.1) is 5.54 Å². The van der Waals surface area contributed by atoms with E-state index < -0.39 is 6.10 Å². The van der Waals surface area contributed by atoms with Crippen LogP contribution in [-0.2, 0) is 0 Å². The Morgan fingerprint density at radius 1 is 1.71 bits per heavy atom. The van der Waals surface area contributed by atoms with Gasteiger partial charge in [0.2, 0.25) is 0 Å². The quantitative estimate of drug-likeness (QED) is 0.741. The molecule has 1 aromatic heterocycles. The first kappa shape index (κ1) is 11.3. The Morgan fingerprint density at radius 2 is 2.43 bits per heavy atom. The number of nitrogens with one attached hydrogen (secondary N) is 1. The molecule has 2 nitrogen and oxygen atoms in total. The zero-order valence-electron chi connectivity index (χ0n) is 8.45. The Labute approximate surface area is 89.0 Å². The van der Waals surface area contributed by atoms with Gasteiger partial charge in [-0.3, -0.25) is 5.32 Å². The standard InChI is InChI=1S/C11H15NOS/c1-4-11(2,3)12-8-9(13)10-6-5-7-14-10/h1,5-7,9,12-13H,8H2,2-3H3. The second-order valence-corrected chi connectivity index (χ2v) is 4.66. The molecule has 0 radical (unpaired) electrons. The van der Waals surface area contributed by atoms with Crippen LogP contribution < -0.4 is 5.32 Å². The van der Waals surface area contributed by atoms with Crippen molar-refractivity contribution in [2.45, 2.75) is 25.5 Å². The maximum atomic E-state index is 9.75. The van der Waals surface area contributed by atoms with Crippen molar-refractivity contribution >= 4 is 11.3 Å². The van der Waals surface area contributed by atoms with E-state index in [9.17, 15) is 5.11 Å². The molecule has 0 amide bonds. The second kappa shape index (κ2) is 4.61. The van der Waals surface area contributed by atoms with Crippen LogP contribution in [0.1, 0.15) is 24.8 Å². The van der Waals surface area contributed by atoms with Crippen LogP contribution in [0.25, 0.3) is 0 Å². The molecular formula is C11H15NOS. The van der Waals surface area contributed by atoms with Gasteiger partial charge in [-0.1, -0.05) is 12.0 Å². The summed E-state index contributed by atoms with van der Waals surface area (Å²) in [4.78, 5) is 0.963. The normalized spacial score (nSPS) is 13.6. The molecule has 0 bridgehead atoms. The molecule has 0 aliphatic heterocycles. The largest absolute Gasteiger partial charge is 0.386 e. The lowest BCUT2D eigenvalue weighted by Crippen LogP contribution is -2.40. The first-order chi connectivity index (χ1) is 6.55. The molecule has 1 rings (SSSR count). The van der Waals surface area contributed by atoms with Crippen molar-refractivity contribution < 1.29 is 5.11 Å². The van der Waals surface area contributed by atoms with Gasteiger partial charge < -0.3 is 5.11 Å². The Morgan fingerprint density at radius 3 is 2.93 bits per heavy atom. The van der Waals surface area contributed by atoms with Gasteiger partial charge >= 0.3 is 0 Å². The molecule has 2 N–H and O–H groups in total. The molecule has 76 valence electrons. The molecular weight excluding hydrogens is 194 g/mol. The predicted molar refractivity (Wildman–Crippen MR) is 60.2 cm³/mol. The molecule has 0 saturated heterocycles. The van der Waals surface area contributed by atoms with Gasteiger partial charge in [0.15, 0.2) is 0 Å². The summed E-state index contributed by atoms with van der Waals surface area (Å²) >= 11 is 1.55. The summed E-state index contributed by atoms with van der Waals surface area (Å²) in [5, 5.41) is 14.8. The van der Waals surface area contributed by atoms with E-state index in [2.05, 4.69) is 11.2 Å². The van der Waals surface area contributed by atoms with Crippen molar-refractivity contribution in [3.63, 3.8) is 0 Å². The summed E-state index contributed by atoms with van der Waals surface area (Å²) in [6.45, 7) is 4.31. The van der Waals surface area contributed by atoms with Crippen molar-refractivity contribution in [2.24, 2.45) is 0 Å². The van der Waals surface area contributed by atoms with Crippen molar-refractivity contribution in [2.75, 3.05) is 6.54 Å². The number of hydrogen-bond acceptors (Lipinski definition) is 3. The minimum Gasteiger partial charge on any atom is -0.386 e. The van der Waals surface area contributed by atoms with Crippen LogP contribution in [0.2, 0.25) is 0 Å². The first-order valence-electron chi connectivity index (χ1n) is 4.49. The number of terminal acetylenes is 1. The molecule has 0 fully saturated rings. The number of β-amino-alcohol motifs (C(OH)–C–C–N with tert-alkyl or cyclic N) is 1. The van der Waals surface area contributed by atoms with Crippen LogP contribution >= 0.6 is 11.3 Å². The average Bonchev–Trinajstić information content (AvgIpc) is 2.67. The lowest BCUT2D eigenvalue weighted by atomic mass is 10.1. The molecule has 0 saturated carbocycles. The van der Waals surface area contributed by atoms with Gasteiger partial charge in [-0.15, -0.1) is 17.8 Å². The lowest BCUT2D eigenvalue weighted by molar-refractivity contribution is 0.171.